The fraction of sp³-hybridized carbons (Fsp3) is 0.231. The standard InChI is InChI=1S/C13H12FN3O3/c14-8-1-3-9(4-2-8)17-7-11(19)12(15-17)13(20)16-5-10(18)6-16/h1-4,7,10,18-19H,5-6H2. The molecule has 1 fully saturated rings. The van der Waals surface area contributed by atoms with Crippen molar-refractivity contribution in [1.29, 1.82) is 0 Å². The van der Waals surface area contributed by atoms with Crippen LogP contribution in [-0.4, -0.2) is 50.0 Å². The second kappa shape index (κ2) is 4.61. The average Bonchev–Trinajstić information content (AvgIpc) is 2.77. The SMILES string of the molecule is O=C(c1nn(-c2ccc(F)cc2)cc1O)N1CC(O)C1. The minimum absolute atomic E-state index is 0.0822. The maximum Gasteiger partial charge on any atom is 0.278 e. The van der Waals surface area contributed by atoms with Gasteiger partial charge in [0.2, 0.25) is 0 Å². The summed E-state index contributed by atoms with van der Waals surface area (Å²) in [5.41, 5.74) is 0.450. The van der Waals surface area contributed by atoms with E-state index in [1.165, 1.54) is 40.0 Å². The molecule has 2 N–H and O–H groups in total. The number of hydrogen-bond donors (Lipinski definition) is 2. The molecule has 0 radical (unpaired) electrons. The Morgan fingerprint density at radius 2 is 1.95 bits per heavy atom. The third-order valence-electron chi connectivity index (χ3n) is 3.14. The first-order valence-electron chi connectivity index (χ1n) is 6.06. The molecule has 1 aromatic heterocycles. The van der Waals surface area contributed by atoms with E-state index < -0.39 is 12.0 Å². The summed E-state index contributed by atoms with van der Waals surface area (Å²) in [6.45, 7) is 0.476. The summed E-state index contributed by atoms with van der Waals surface area (Å²) in [6.07, 6.45) is 0.775. The monoisotopic (exact) mass is 277 g/mol. The average molecular weight is 277 g/mol. The summed E-state index contributed by atoms with van der Waals surface area (Å²) in [5.74, 6) is -1.06. The number of benzene rings is 1. The van der Waals surface area contributed by atoms with E-state index in [1.807, 2.05) is 0 Å². The fourth-order valence-electron chi connectivity index (χ4n) is 2.01. The first-order valence-corrected chi connectivity index (χ1v) is 6.06. The van der Waals surface area contributed by atoms with E-state index in [1.54, 1.807) is 0 Å². The highest BCUT2D eigenvalue weighted by molar-refractivity contribution is 5.95. The van der Waals surface area contributed by atoms with Crippen LogP contribution >= 0.6 is 0 Å². The van der Waals surface area contributed by atoms with Crippen LogP contribution in [0.3, 0.4) is 0 Å². The number of aromatic nitrogens is 2. The molecule has 1 aliphatic heterocycles. The summed E-state index contributed by atoms with van der Waals surface area (Å²) in [6, 6.07) is 5.51. The van der Waals surface area contributed by atoms with Gasteiger partial charge in [0.15, 0.2) is 11.4 Å². The van der Waals surface area contributed by atoms with Crippen molar-refractivity contribution in [2.75, 3.05) is 13.1 Å². The van der Waals surface area contributed by atoms with Crippen LogP contribution in [0.1, 0.15) is 10.5 Å². The molecule has 3 rings (SSSR count). The normalized spacial score (nSPS) is 15.2. The number of amides is 1. The van der Waals surface area contributed by atoms with Crippen LogP contribution in [0.25, 0.3) is 5.69 Å². The Labute approximate surface area is 113 Å². The van der Waals surface area contributed by atoms with Crippen molar-refractivity contribution in [3.63, 3.8) is 0 Å². The van der Waals surface area contributed by atoms with E-state index >= 15 is 0 Å². The zero-order valence-corrected chi connectivity index (χ0v) is 10.4. The molecule has 0 unspecified atom stereocenters. The van der Waals surface area contributed by atoms with Gasteiger partial charge in [-0.2, -0.15) is 5.10 Å². The predicted molar refractivity (Wildman–Crippen MR) is 67.1 cm³/mol. The second-order valence-corrected chi connectivity index (χ2v) is 4.65. The largest absolute Gasteiger partial charge is 0.504 e. The number of aromatic hydroxyl groups is 1. The molecule has 0 aliphatic carbocycles. The van der Waals surface area contributed by atoms with Crippen LogP contribution in [0, 0.1) is 5.82 Å². The molecule has 0 bridgehead atoms. The van der Waals surface area contributed by atoms with Crippen LogP contribution in [0.2, 0.25) is 0 Å². The first-order chi connectivity index (χ1) is 9.54. The van der Waals surface area contributed by atoms with Crippen LogP contribution < -0.4 is 0 Å². The number of carbonyl (C=O) groups is 1. The van der Waals surface area contributed by atoms with Crippen molar-refractivity contribution >= 4 is 5.91 Å². The van der Waals surface area contributed by atoms with Crippen molar-refractivity contribution in [3.8, 4) is 11.4 Å². The van der Waals surface area contributed by atoms with Crippen molar-refractivity contribution in [2.45, 2.75) is 6.10 Å². The molecule has 7 heteroatoms. The van der Waals surface area contributed by atoms with Gasteiger partial charge in [-0.05, 0) is 24.3 Å². The van der Waals surface area contributed by atoms with Crippen LogP contribution in [-0.2, 0) is 0 Å². The van der Waals surface area contributed by atoms with E-state index in [0.29, 0.717) is 5.69 Å². The third-order valence-corrected chi connectivity index (χ3v) is 3.14. The molecule has 20 heavy (non-hydrogen) atoms. The van der Waals surface area contributed by atoms with E-state index in [0.717, 1.165) is 0 Å². The second-order valence-electron chi connectivity index (χ2n) is 4.65. The Kier molecular flexibility index (Phi) is 2.90. The number of likely N-dealkylation sites (tertiary alicyclic amines) is 1. The van der Waals surface area contributed by atoms with Crippen molar-refractivity contribution in [2.24, 2.45) is 0 Å². The van der Waals surface area contributed by atoms with Gasteiger partial charge in [0, 0.05) is 13.1 Å². The van der Waals surface area contributed by atoms with Gasteiger partial charge in [0.25, 0.3) is 5.91 Å². The highest BCUT2D eigenvalue weighted by Crippen LogP contribution is 2.22. The Hall–Kier alpha value is -2.41. The molecule has 0 atom stereocenters. The van der Waals surface area contributed by atoms with Gasteiger partial charge in [-0.1, -0.05) is 0 Å². The molecule has 0 spiro atoms. The quantitative estimate of drug-likeness (QED) is 0.839. The number of halogens is 1. The summed E-state index contributed by atoms with van der Waals surface area (Å²) in [5, 5.41) is 23.0. The molecular weight excluding hydrogens is 265 g/mol. The number of hydrogen-bond acceptors (Lipinski definition) is 4. The molecular formula is C13H12FN3O3. The summed E-state index contributed by atoms with van der Waals surface area (Å²) >= 11 is 0. The topological polar surface area (TPSA) is 78.6 Å². The number of aliphatic hydroxyl groups excluding tert-OH is 1. The Morgan fingerprint density at radius 3 is 2.55 bits per heavy atom. The van der Waals surface area contributed by atoms with E-state index in [4.69, 9.17) is 0 Å². The maximum atomic E-state index is 12.8. The minimum atomic E-state index is -0.514. The fourth-order valence-corrected chi connectivity index (χ4v) is 2.01. The molecule has 1 aliphatic rings. The molecule has 2 heterocycles. The van der Waals surface area contributed by atoms with Gasteiger partial charge in [0.05, 0.1) is 18.0 Å². The van der Waals surface area contributed by atoms with Crippen molar-refractivity contribution < 1.29 is 19.4 Å². The summed E-state index contributed by atoms with van der Waals surface area (Å²) in [7, 11) is 0. The predicted octanol–water partition coefficient (Wildman–Crippen LogP) is 0.534. The Balaban J connectivity index is 1.87. The lowest BCUT2D eigenvalue weighted by molar-refractivity contribution is 0.00529. The third kappa shape index (κ3) is 2.12. The van der Waals surface area contributed by atoms with Gasteiger partial charge >= 0.3 is 0 Å². The molecule has 1 aromatic carbocycles. The van der Waals surface area contributed by atoms with E-state index in [2.05, 4.69) is 5.10 Å². The van der Waals surface area contributed by atoms with Gasteiger partial charge in [-0.3, -0.25) is 4.79 Å². The zero-order chi connectivity index (χ0) is 14.3. The number of β-amino-alcohol motifs (C(OH)–C–C–N with tert-alkyl or cyclic N) is 1. The highest BCUT2D eigenvalue weighted by Gasteiger charge is 2.32. The lowest BCUT2D eigenvalue weighted by Gasteiger charge is -2.35. The Bertz CT molecular complexity index is 647. The summed E-state index contributed by atoms with van der Waals surface area (Å²) < 4.78 is 14.2. The van der Waals surface area contributed by atoms with Gasteiger partial charge in [-0.25, -0.2) is 9.07 Å². The molecule has 2 aromatic rings. The lowest BCUT2D eigenvalue weighted by Crippen LogP contribution is -2.53. The van der Waals surface area contributed by atoms with Crippen LogP contribution in [0.4, 0.5) is 4.39 Å². The van der Waals surface area contributed by atoms with Crippen LogP contribution in [0.5, 0.6) is 5.75 Å². The number of nitrogens with zero attached hydrogens (tertiary/aromatic N) is 3. The van der Waals surface area contributed by atoms with E-state index in [-0.39, 0.29) is 30.4 Å². The minimum Gasteiger partial charge on any atom is -0.504 e. The molecule has 1 saturated heterocycles. The lowest BCUT2D eigenvalue weighted by atomic mass is 10.1. The molecule has 104 valence electrons. The smallest absolute Gasteiger partial charge is 0.278 e. The van der Waals surface area contributed by atoms with Gasteiger partial charge < -0.3 is 15.1 Å². The molecule has 1 amide bonds. The maximum absolute atomic E-state index is 12.8. The van der Waals surface area contributed by atoms with Crippen molar-refractivity contribution in [3.05, 3.63) is 42.0 Å². The van der Waals surface area contributed by atoms with Crippen LogP contribution in [0.15, 0.2) is 30.5 Å². The summed E-state index contributed by atoms with van der Waals surface area (Å²) in [4.78, 5) is 13.4. The van der Waals surface area contributed by atoms with Gasteiger partial charge in [0.1, 0.15) is 5.82 Å². The van der Waals surface area contributed by atoms with E-state index in [9.17, 15) is 19.4 Å². The molecule has 6 nitrogen and oxygen atoms in total. The Morgan fingerprint density at radius 1 is 1.30 bits per heavy atom. The highest BCUT2D eigenvalue weighted by atomic mass is 19.1. The van der Waals surface area contributed by atoms with Gasteiger partial charge in [-0.15, -0.1) is 0 Å². The first kappa shape index (κ1) is 12.6. The number of aliphatic hydroxyl groups is 1. The molecule has 0 saturated carbocycles. The zero-order valence-electron chi connectivity index (χ0n) is 10.4. The number of rotatable bonds is 2. The number of carbonyl (C=O) groups excluding carboxylic acids is 1. The van der Waals surface area contributed by atoms with Crippen molar-refractivity contribution in [1.82, 2.24) is 14.7 Å².